The largest absolute Gasteiger partial charge is 0.346 e. The molecule has 7 heteroatoms. The molecule has 0 saturated heterocycles. The smallest absolute Gasteiger partial charge is 0.321 e. The summed E-state index contributed by atoms with van der Waals surface area (Å²) < 4.78 is 0. The molecule has 7 nitrogen and oxygen atoms in total. The SMILES string of the molecule is O=C(Nc1ccc2cn[nH]c2c1)c1nc(=O)[nH]c2ccccc12. The van der Waals surface area contributed by atoms with Crippen LogP contribution in [0.1, 0.15) is 10.5 Å². The molecule has 23 heavy (non-hydrogen) atoms. The Bertz CT molecular complexity index is 1100. The van der Waals surface area contributed by atoms with E-state index in [1.54, 1.807) is 42.6 Å². The van der Waals surface area contributed by atoms with Crippen molar-refractivity contribution in [2.24, 2.45) is 0 Å². The van der Waals surface area contributed by atoms with Crippen LogP contribution in [0, 0.1) is 0 Å². The summed E-state index contributed by atoms with van der Waals surface area (Å²) in [5.74, 6) is -0.439. The molecule has 2 aromatic heterocycles. The minimum Gasteiger partial charge on any atom is -0.321 e. The van der Waals surface area contributed by atoms with E-state index in [1.807, 2.05) is 6.07 Å². The molecule has 0 aliphatic heterocycles. The van der Waals surface area contributed by atoms with Crippen LogP contribution in [0.2, 0.25) is 0 Å². The van der Waals surface area contributed by atoms with Gasteiger partial charge in [0.25, 0.3) is 5.91 Å². The topological polar surface area (TPSA) is 104 Å². The minimum atomic E-state index is -0.558. The van der Waals surface area contributed by atoms with Gasteiger partial charge in [-0.15, -0.1) is 0 Å². The Morgan fingerprint density at radius 2 is 1.96 bits per heavy atom. The Hall–Kier alpha value is -3.48. The molecule has 0 aliphatic carbocycles. The average molecular weight is 305 g/mol. The fraction of sp³-hybridized carbons (Fsp3) is 0. The van der Waals surface area contributed by atoms with Crippen molar-refractivity contribution >= 4 is 33.4 Å². The summed E-state index contributed by atoms with van der Waals surface area (Å²) >= 11 is 0. The lowest BCUT2D eigenvalue weighted by atomic mass is 10.1. The van der Waals surface area contributed by atoms with Crippen molar-refractivity contribution in [3.05, 3.63) is 64.8 Å². The number of para-hydroxylation sites is 1. The van der Waals surface area contributed by atoms with Gasteiger partial charge < -0.3 is 10.3 Å². The van der Waals surface area contributed by atoms with E-state index in [4.69, 9.17) is 0 Å². The molecule has 0 bridgehead atoms. The lowest BCUT2D eigenvalue weighted by Crippen LogP contribution is -2.21. The van der Waals surface area contributed by atoms with Crippen molar-refractivity contribution in [2.45, 2.75) is 0 Å². The molecule has 0 aliphatic rings. The Morgan fingerprint density at radius 3 is 2.87 bits per heavy atom. The van der Waals surface area contributed by atoms with Gasteiger partial charge in [0.05, 0.1) is 17.2 Å². The van der Waals surface area contributed by atoms with E-state index in [1.165, 1.54) is 0 Å². The molecule has 4 rings (SSSR count). The van der Waals surface area contributed by atoms with Crippen LogP contribution in [0.4, 0.5) is 5.69 Å². The number of hydrogen-bond acceptors (Lipinski definition) is 4. The molecular formula is C16H11N5O2. The zero-order chi connectivity index (χ0) is 15.8. The second-order valence-corrected chi connectivity index (χ2v) is 5.06. The number of aromatic amines is 2. The fourth-order valence-corrected chi connectivity index (χ4v) is 2.48. The first-order valence-electron chi connectivity index (χ1n) is 6.94. The Balaban J connectivity index is 1.75. The third kappa shape index (κ3) is 2.34. The van der Waals surface area contributed by atoms with E-state index < -0.39 is 11.6 Å². The number of aromatic nitrogens is 4. The minimum absolute atomic E-state index is 0.0917. The number of carbonyl (C=O) groups excluding carboxylic acids is 1. The summed E-state index contributed by atoms with van der Waals surface area (Å²) in [7, 11) is 0. The van der Waals surface area contributed by atoms with Gasteiger partial charge in [-0.25, -0.2) is 4.79 Å². The van der Waals surface area contributed by atoms with E-state index in [0.29, 0.717) is 16.6 Å². The highest BCUT2D eigenvalue weighted by Crippen LogP contribution is 2.18. The summed E-state index contributed by atoms with van der Waals surface area (Å²) in [4.78, 5) is 30.6. The number of amides is 1. The van der Waals surface area contributed by atoms with Crippen LogP contribution in [0.15, 0.2) is 53.5 Å². The highest BCUT2D eigenvalue weighted by atomic mass is 16.2. The van der Waals surface area contributed by atoms with Crippen LogP contribution in [0.5, 0.6) is 0 Å². The highest BCUT2D eigenvalue weighted by Gasteiger charge is 2.14. The molecule has 0 radical (unpaired) electrons. The van der Waals surface area contributed by atoms with Gasteiger partial charge in [0.1, 0.15) is 5.69 Å². The van der Waals surface area contributed by atoms with Crippen LogP contribution in [-0.4, -0.2) is 26.1 Å². The lowest BCUT2D eigenvalue weighted by Gasteiger charge is -2.07. The van der Waals surface area contributed by atoms with Crippen molar-refractivity contribution in [3.8, 4) is 0 Å². The van der Waals surface area contributed by atoms with E-state index in [9.17, 15) is 9.59 Å². The molecule has 112 valence electrons. The predicted octanol–water partition coefficient (Wildman–Crippen LogP) is 2.05. The molecule has 1 amide bonds. The first-order chi connectivity index (χ1) is 11.2. The zero-order valence-electron chi connectivity index (χ0n) is 11.8. The maximum absolute atomic E-state index is 12.5. The third-order valence-electron chi connectivity index (χ3n) is 3.55. The Morgan fingerprint density at radius 1 is 1.09 bits per heavy atom. The maximum atomic E-state index is 12.5. The van der Waals surface area contributed by atoms with E-state index in [-0.39, 0.29) is 5.69 Å². The predicted molar refractivity (Wildman–Crippen MR) is 86.4 cm³/mol. The van der Waals surface area contributed by atoms with E-state index in [2.05, 4.69) is 25.5 Å². The Kier molecular flexibility index (Phi) is 2.90. The van der Waals surface area contributed by atoms with Gasteiger partial charge in [-0.3, -0.25) is 9.89 Å². The number of anilines is 1. The molecule has 0 saturated carbocycles. The summed E-state index contributed by atoms with van der Waals surface area (Å²) in [6.45, 7) is 0. The third-order valence-corrected chi connectivity index (χ3v) is 3.55. The first kappa shape index (κ1) is 13.2. The standard InChI is InChI=1S/C16H11N5O2/c22-15(18-10-6-5-9-8-17-21-13(9)7-10)14-11-3-1-2-4-12(11)19-16(23)20-14/h1-8H,(H,17,21)(H,18,22)(H,19,20,23). The van der Waals surface area contributed by atoms with Crippen molar-refractivity contribution in [3.63, 3.8) is 0 Å². The van der Waals surface area contributed by atoms with Crippen LogP contribution in [0.3, 0.4) is 0 Å². The molecule has 0 unspecified atom stereocenters. The van der Waals surface area contributed by atoms with Crippen LogP contribution >= 0.6 is 0 Å². The number of nitrogens with one attached hydrogen (secondary N) is 3. The number of rotatable bonds is 2. The molecule has 2 aromatic carbocycles. The number of H-pyrrole nitrogens is 2. The van der Waals surface area contributed by atoms with Gasteiger partial charge in [-0.2, -0.15) is 10.1 Å². The van der Waals surface area contributed by atoms with Gasteiger partial charge in [0.2, 0.25) is 0 Å². The average Bonchev–Trinajstić information content (AvgIpc) is 3.01. The first-order valence-corrected chi connectivity index (χ1v) is 6.94. The van der Waals surface area contributed by atoms with E-state index >= 15 is 0 Å². The van der Waals surface area contributed by atoms with Crippen LogP contribution in [-0.2, 0) is 0 Å². The zero-order valence-corrected chi connectivity index (χ0v) is 11.8. The van der Waals surface area contributed by atoms with Crippen LogP contribution < -0.4 is 11.0 Å². The van der Waals surface area contributed by atoms with Crippen molar-refractivity contribution in [1.29, 1.82) is 0 Å². The van der Waals surface area contributed by atoms with Gasteiger partial charge in [0.15, 0.2) is 0 Å². The molecule has 0 fully saturated rings. The molecule has 0 spiro atoms. The van der Waals surface area contributed by atoms with Gasteiger partial charge in [0, 0.05) is 16.5 Å². The quantitative estimate of drug-likeness (QED) is 0.527. The molecule has 4 aromatic rings. The summed E-state index contributed by atoms with van der Waals surface area (Å²) in [5, 5.41) is 11.1. The number of hydrogen-bond donors (Lipinski definition) is 3. The highest BCUT2D eigenvalue weighted by molar-refractivity contribution is 6.11. The van der Waals surface area contributed by atoms with Gasteiger partial charge >= 0.3 is 5.69 Å². The van der Waals surface area contributed by atoms with E-state index in [0.717, 1.165) is 10.9 Å². The molecular weight excluding hydrogens is 294 g/mol. The number of carbonyl (C=O) groups is 1. The number of fused-ring (bicyclic) bond motifs is 2. The summed E-state index contributed by atoms with van der Waals surface area (Å²) in [6, 6.07) is 12.4. The number of nitrogens with zero attached hydrogens (tertiary/aromatic N) is 2. The summed E-state index contributed by atoms with van der Waals surface area (Å²) in [5.41, 5.74) is 1.51. The molecule has 2 heterocycles. The van der Waals surface area contributed by atoms with Crippen LogP contribution in [0.25, 0.3) is 21.8 Å². The second-order valence-electron chi connectivity index (χ2n) is 5.06. The van der Waals surface area contributed by atoms with Gasteiger partial charge in [-0.05, 0) is 24.3 Å². The molecule has 3 N–H and O–H groups in total. The molecule has 0 atom stereocenters. The summed E-state index contributed by atoms with van der Waals surface area (Å²) in [6.07, 6.45) is 1.70. The van der Waals surface area contributed by atoms with Crippen molar-refractivity contribution < 1.29 is 4.79 Å². The van der Waals surface area contributed by atoms with Crippen molar-refractivity contribution in [1.82, 2.24) is 20.2 Å². The fourth-order valence-electron chi connectivity index (χ4n) is 2.48. The number of benzene rings is 2. The lowest BCUT2D eigenvalue weighted by molar-refractivity contribution is 0.102. The monoisotopic (exact) mass is 305 g/mol. The van der Waals surface area contributed by atoms with Gasteiger partial charge in [-0.1, -0.05) is 18.2 Å². The van der Waals surface area contributed by atoms with Crippen molar-refractivity contribution in [2.75, 3.05) is 5.32 Å². The Labute approximate surface area is 129 Å². The normalized spacial score (nSPS) is 11.0. The second kappa shape index (κ2) is 5.06. The maximum Gasteiger partial charge on any atom is 0.346 e.